The fourth-order valence-corrected chi connectivity index (χ4v) is 2.42. The summed E-state index contributed by atoms with van der Waals surface area (Å²) < 4.78 is 0. The molecule has 3 nitrogen and oxygen atoms in total. The van der Waals surface area contributed by atoms with Gasteiger partial charge in [0, 0.05) is 10.7 Å². The van der Waals surface area contributed by atoms with Crippen LogP contribution in [0.1, 0.15) is 29.7 Å². The third kappa shape index (κ3) is 3.99. The first-order valence-electron chi connectivity index (χ1n) is 6.86. The van der Waals surface area contributed by atoms with Crippen molar-refractivity contribution in [1.82, 2.24) is 5.32 Å². The lowest BCUT2D eigenvalue weighted by Crippen LogP contribution is -2.31. The predicted molar refractivity (Wildman–Crippen MR) is 87.9 cm³/mol. The maximum Gasteiger partial charge on any atom is 0.319 e. The minimum absolute atomic E-state index is 0.118. The number of halogens is 1. The fourth-order valence-electron chi connectivity index (χ4n) is 2.22. The van der Waals surface area contributed by atoms with Crippen LogP contribution in [-0.2, 0) is 0 Å². The molecule has 0 radical (unpaired) electrons. The third-order valence-electron chi connectivity index (χ3n) is 3.42. The van der Waals surface area contributed by atoms with Crippen molar-refractivity contribution >= 4 is 23.3 Å². The Hall–Kier alpha value is -2.00. The molecule has 0 bridgehead atoms. The molecular formula is C17H19ClN2O. The second kappa shape index (κ2) is 6.64. The van der Waals surface area contributed by atoms with Crippen LogP contribution in [0.3, 0.4) is 0 Å². The molecule has 0 saturated heterocycles. The van der Waals surface area contributed by atoms with Crippen molar-refractivity contribution in [2.45, 2.75) is 26.8 Å². The number of nitrogens with one attached hydrogen (secondary N) is 2. The predicted octanol–water partition coefficient (Wildman–Crippen LogP) is 4.84. The summed E-state index contributed by atoms with van der Waals surface area (Å²) in [5.74, 6) is 0. The Labute approximate surface area is 130 Å². The van der Waals surface area contributed by atoms with Gasteiger partial charge in [-0.05, 0) is 49.6 Å². The number of anilines is 1. The number of carbonyl (C=O) groups is 1. The fraction of sp³-hybridized carbons (Fsp3) is 0.235. The normalized spacial score (nSPS) is 11.8. The van der Waals surface area contributed by atoms with Crippen LogP contribution >= 0.6 is 11.6 Å². The molecule has 1 atom stereocenters. The van der Waals surface area contributed by atoms with Crippen molar-refractivity contribution in [3.05, 3.63) is 64.2 Å². The molecule has 0 spiro atoms. The molecule has 2 aromatic carbocycles. The summed E-state index contributed by atoms with van der Waals surface area (Å²) >= 11 is 5.97. The van der Waals surface area contributed by atoms with Gasteiger partial charge < -0.3 is 10.6 Å². The van der Waals surface area contributed by atoms with Gasteiger partial charge in [0.25, 0.3) is 0 Å². The summed E-state index contributed by atoms with van der Waals surface area (Å²) in [6.07, 6.45) is 0. The second-order valence-corrected chi connectivity index (χ2v) is 5.58. The first-order valence-corrected chi connectivity index (χ1v) is 7.24. The highest BCUT2D eigenvalue weighted by atomic mass is 35.5. The average molecular weight is 303 g/mol. The zero-order chi connectivity index (χ0) is 15.4. The minimum atomic E-state index is -0.222. The lowest BCUT2D eigenvalue weighted by atomic mass is 10.1. The molecule has 2 N–H and O–H groups in total. The van der Waals surface area contributed by atoms with E-state index < -0.39 is 0 Å². The number of amides is 2. The standard InChI is InChI=1S/C17H19ClN2O/c1-11-6-4-7-12(2)16(11)20-17(21)19-13(3)14-8-5-9-15(18)10-14/h4-10,13H,1-3H3,(H2,19,20,21). The van der Waals surface area contributed by atoms with Gasteiger partial charge in [0.1, 0.15) is 0 Å². The molecule has 2 aromatic rings. The maximum absolute atomic E-state index is 12.1. The summed E-state index contributed by atoms with van der Waals surface area (Å²) in [5, 5.41) is 6.49. The summed E-state index contributed by atoms with van der Waals surface area (Å²) in [6, 6.07) is 13.1. The van der Waals surface area contributed by atoms with Crippen molar-refractivity contribution < 1.29 is 4.79 Å². The Morgan fingerprint density at radius 2 is 1.71 bits per heavy atom. The van der Waals surface area contributed by atoms with Crippen molar-refractivity contribution in [3.63, 3.8) is 0 Å². The number of para-hydroxylation sites is 1. The van der Waals surface area contributed by atoms with Gasteiger partial charge >= 0.3 is 6.03 Å². The zero-order valence-electron chi connectivity index (χ0n) is 12.4. The Morgan fingerprint density at radius 3 is 2.33 bits per heavy atom. The van der Waals surface area contributed by atoms with Gasteiger partial charge in [0.2, 0.25) is 0 Å². The van der Waals surface area contributed by atoms with Crippen molar-refractivity contribution in [2.75, 3.05) is 5.32 Å². The van der Waals surface area contributed by atoms with E-state index in [9.17, 15) is 4.79 Å². The highest BCUT2D eigenvalue weighted by Crippen LogP contribution is 2.20. The van der Waals surface area contributed by atoms with E-state index in [0.717, 1.165) is 22.4 Å². The maximum atomic E-state index is 12.1. The number of rotatable bonds is 3. The zero-order valence-corrected chi connectivity index (χ0v) is 13.2. The molecule has 0 heterocycles. The van der Waals surface area contributed by atoms with E-state index in [1.165, 1.54) is 0 Å². The first-order chi connectivity index (χ1) is 9.97. The Bertz CT molecular complexity index is 635. The SMILES string of the molecule is Cc1cccc(C)c1NC(=O)NC(C)c1cccc(Cl)c1. The van der Waals surface area contributed by atoms with E-state index in [4.69, 9.17) is 11.6 Å². The van der Waals surface area contributed by atoms with Crippen LogP contribution < -0.4 is 10.6 Å². The minimum Gasteiger partial charge on any atom is -0.331 e. The van der Waals surface area contributed by atoms with E-state index in [2.05, 4.69) is 10.6 Å². The molecule has 2 rings (SSSR count). The lowest BCUT2D eigenvalue weighted by Gasteiger charge is -2.17. The van der Waals surface area contributed by atoms with Crippen LogP contribution in [-0.4, -0.2) is 6.03 Å². The molecule has 110 valence electrons. The quantitative estimate of drug-likeness (QED) is 0.837. The molecule has 0 fully saturated rings. The number of aryl methyl sites for hydroxylation is 2. The number of benzene rings is 2. The molecule has 0 aliphatic carbocycles. The Balaban J connectivity index is 2.05. The molecular weight excluding hydrogens is 284 g/mol. The average Bonchev–Trinajstić information content (AvgIpc) is 2.43. The molecule has 0 saturated carbocycles. The molecule has 4 heteroatoms. The Kier molecular flexibility index (Phi) is 4.86. The van der Waals surface area contributed by atoms with E-state index in [-0.39, 0.29) is 12.1 Å². The van der Waals surface area contributed by atoms with Gasteiger partial charge in [-0.25, -0.2) is 4.79 Å². The Morgan fingerprint density at radius 1 is 1.10 bits per heavy atom. The molecule has 21 heavy (non-hydrogen) atoms. The van der Waals surface area contributed by atoms with Crippen LogP contribution in [0, 0.1) is 13.8 Å². The van der Waals surface area contributed by atoms with Crippen LogP contribution in [0.25, 0.3) is 0 Å². The summed E-state index contributed by atoms with van der Waals surface area (Å²) in [6.45, 7) is 5.88. The van der Waals surface area contributed by atoms with Gasteiger partial charge in [-0.15, -0.1) is 0 Å². The summed E-state index contributed by atoms with van der Waals surface area (Å²) in [7, 11) is 0. The second-order valence-electron chi connectivity index (χ2n) is 5.14. The van der Waals surface area contributed by atoms with Crippen LogP contribution in [0.15, 0.2) is 42.5 Å². The van der Waals surface area contributed by atoms with Gasteiger partial charge in [-0.2, -0.15) is 0 Å². The number of carbonyl (C=O) groups excluding carboxylic acids is 1. The smallest absolute Gasteiger partial charge is 0.319 e. The van der Waals surface area contributed by atoms with Gasteiger partial charge in [0.05, 0.1) is 6.04 Å². The van der Waals surface area contributed by atoms with Crippen LogP contribution in [0.5, 0.6) is 0 Å². The molecule has 2 amide bonds. The monoisotopic (exact) mass is 302 g/mol. The highest BCUT2D eigenvalue weighted by Gasteiger charge is 2.11. The first kappa shape index (κ1) is 15.4. The van der Waals surface area contributed by atoms with Crippen molar-refractivity contribution in [3.8, 4) is 0 Å². The lowest BCUT2D eigenvalue weighted by molar-refractivity contribution is 0.249. The highest BCUT2D eigenvalue weighted by molar-refractivity contribution is 6.30. The van der Waals surface area contributed by atoms with Gasteiger partial charge in [0.15, 0.2) is 0 Å². The number of hydrogen-bond donors (Lipinski definition) is 2. The van der Waals surface area contributed by atoms with Gasteiger partial charge in [-0.3, -0.25) is 0 Å². The van der Waals surface area contributed by atoms with E-state index in [1.54, 1.807) is 0 Å². The number of hydrogen-bond acceptors (Lipinski definition) is 1. The van der Waals surface area contributed by atoms with E-state index >= 15 is 0 Å². The largest absolute Gasteiger partial charge is 0.331 e. The molecule has 0 aliphatic heterocycles. The van der Waals surface area contributed by atoms with Crippen LogP contribution in [0.2, 0.25) is 5.02 Å². The number of urea groups is 1. The topological polar surface area (TPSA) is 41.1 Å². The molecule has 0 aromatic heterocycles. The summed E-state index contributed by atoms with van der Waals surface area (Å²) in [5.41, 5.74) is 3.91. The van der Waals surface area contributed by atoms with Crippen molar-refractivity contribution in [1.29, 1.82) is 0 Å². The van der Waals surface area contributed by atoms with Crippen LogP contribution in [0.4, 0.5) is 10.5 Å². The van der Waals surface area contributed by atoms with E-state index in [0.29, 0.717) is 5.02 Å². The molecule has 1 unspecified atom stereocenters. The summed E-state index contributed by atoms with van der Waals surface area (Å²) in [4.78, 5) is 12.1. The van der Waals surface area contributed by atoms with Crippen molar-refractivity contribution in [2.24, 2.45) is 0 Å². The third-order valence-corrected chi connectivity index (χ3v) is 3.65. The molecule has 0 aliphatic rings. The van der Waals surface area contributed by atoms with Gasteiger partial charge in [-0.1, -0.05) is 41.9 Å². The van der Waals surface area contributed by atoms with E-state index in [1.807, 2.05) is 63.2 Å².